The maximum Gasteiger partial charge on any atom is 0.220 e. The minimum absolute atomic E-state index is 0.0529. The highest BCUT2D eigenvalue weighted by Gasteiger charge is 2.39. The van der Waals surface area contributed by atoms with Gasteiger partial charge >= 0.3 is 0 Å². The zero-order valence-electron chi connectivity index (χ0n) is 17.2. The van der Waals surface area contributed by atoms with Crippen molar-refractivity contribution < 1.29 is 4.79 Å². The number of nitrogens with zero attached hydrogens (tertiary/aromatic N) is 5. The van der Waals surface area contributed by atoms with E-state index in [9.17, 15) is 4.79 Å². The maximum atomic E-state index is 12.4. The molecule has 0 radical (unpaired) electrons. The highest BCUT2D eigenvalue weighted by Crippen LogP contribution is 2.37. The van der Waals surface area contributed by atoms with E-state index < -0.39 is 5.66 Å². The van der Waals surface area contributed by atoms with Gasteiger partial charge in [0.15, 0.2) is 5.66 Å². The van der Waals surface area contributed by atoms with Crippen molar-refractivity contribution >= 4 is 5.91 Å². The van der Waals surface area contributed by atoms with Crippen molar-refractivity contribution in [2.24, 2.45) is 16.1 Å². The molecule has 156 valence electrons. The zero-order chi connectivity index (χ0) is 20.8. The molecule has 0 saturated heterocycles. The number of benzene rings is 1. The van der Waals surface area contributed by atoms with Crippen molar-refractivity contribution in [1.82, 2.24) is 19.8 Å². The lowest BCUT2D eigenvalue weighted by Gasteiger charge is -2.24. The first-order chi connectivity index (χ1) is 14.7. The Morgan fingerprint density at radius 1 is 1.23 bits per heavy atom. The van der Waals surface area contributed by atoms with Gasteiger partial charge in [0.2, 0.25) is 5.91 Å². The number of terminal acetylenes is 1. The van der Waals surface area contributed by atoms with Crippen molar-refractivity contribution in [3.05, 3.63) is 54.1 Å². The third-order valence-corrected chi connectivity index (χ3v) is 5.78. The van der Waals surface area contributed by atoms with E-state index in [1.54, 1.807) is 0 Å². The van der Waals surface area contributed by atoms with Crippen LogP contribution in [0.25, 0.3) is 0 Å². The molecule has 0 saturated carbocycles. The van der Waals surface area contributed by atoms with Gasteiger partial charge in [0.05, 0.1) is 6.54 Å². The molecule has 7 heteroatoms. The molecule has 4 rings (SSSR count). The lowest BCUT2D eigenvalue weighted by molar-refractivity contribution is -0.121. The van der Waals surface area contributed by atoms with Gasteiger partial charge in [-0.2, -0.15) is 10.2 Å². The molecule has 1 atom stereocenters. The standard InChI is InChI=1S/C23H28N6O/c1-2-3-10-23(26-27-23)11-9-22(30)25-14-20-16-28(15-19-7-5-4-6-8-19)18-21-24-12-13-29(21)17-20/h1,4-8,12-13,20H,3,9-11,14-18H2,(H,25,30). The van der Waals surface area contributed by atoms with Crippen LogP contribution in [0.15, 0.2) is 53.0 Å². The molecule has 0 spiro atoms. The van der Waals surface area contributed by atoms with E-state index >= 15 is 0 Å². The van der Waals surface area contributed by atoms with Crippen LogP contribution in [0.3, 0.4) is 0 Å². The highest BCUT2D eigenvalue weighted by molar-refractivity contribution is 5.76. The predicted molar refractivity (Wildman–Crippen MR) is 114 cm³/mol. The second-order valence-corrected chi connectivity index (χ2v) is 8.21. The number of imidazole rings is 1. The maximum absolute atomic E-state index is 12.4. The molecular weight excluding hydrogens is 376 g/mol. The largest absolute Gasteiger partial charge is 0.356 e. The first kappa shape index (κ1) is 20.3. The molecule has 3 heterocycles. The zero-order valence-corrected chi connectivity index (χ0v) is 17.2. The third kappa shape index (κ3) is 5.33. The third-order valence-electron chi connectivity index (χ3n) is 5.78. The number of carbonyl (C=O) groups excluding carboxylic acids is 1. The van der Waals surface area contributed by atoms with Crippen molar-refractivity contribution in [1.29, 1.82) is 0 Å². The Morgan fingerprint density at radius 3 is 2.83 bits per heavy atom. The van der Waals surface area contributed by atoms with Crippen LogP contribution in [0, 0.1) is 18.3 Å². The molecule has 2 aliphatic rings. The molecule has 1 N–H and O–H groups in total. The van der Waals surface area contributed by atoms with Crippen molar-refractivity contribution in [2.75, 3.05) is 13.1 Å². The lowest BCUT2D eigenvalue weighted by atomic mass is 10.0. The molecule has 2 aromatic rings. The van der Waals surface area contributed by atoms with E-state index in [0.29, 0.717) is 31.7 Å². The molecule has 2 aliphatic heterocycles. The first-order valence-electron chi connectivity index (χ1n) is 10.6. The highest BCUT2D eigenvalue weighted by atomic mass is 16.1. The van der Waals surface area contributed by atoms with E-state index in [-0.39, 0.29) is 5.91 Å². The van der Waals surface area contributed by atoms with Crippen LogP contribution in [0.5, 0.6) is 0 Å². The Kier molecular flexibility index (Phi) is 6.24. The summed E-state index contributed by atoms with van der Waals surface area (Å²) < 4.78 is 2.21. The fourth-order valence-electron chi connectivity index (χ4n) is 4.04. The molecule has 0 bridgehead atoms. The van der Waals surface area contributed by atoms with Crippen LogP contribution >= 0.6 is 0 Å². The van der Waals surface area contributed by atoms with E-state index in [1.807, 2.05) is 18.5 Å². The number of aromatic nitrogens is 2. The predicted octanol–water partition coefficient (Wildman–Crippen LogP) is 2.99. The minimum Gasteiger partial charge on any atom is -0.356 e. The monoisotopic (exact) mass is 404 g/mol. The van der Waals surface area contributed by atoms with Crippen LogP contribution in [-0.4, -0.2) is 39.1 Å². The Bertz CT molecular complexity index is 923. The van der Waals surface area contributed by atoms with Gasteiger partial charge in [0.25, 0.3) is 0 Å². The van der Waals surface area contributed by atoms with Crippen LogP contribution < -0.4 is 5.32 Å². The van der Waals surface area contributed by atoms with Gasteiger partial charge in [-0.3, -0.25) is 9.69 Å². The minimum atomic E-state index is -0.399. The van der Waals surface area contributed by atoms with Gasteiger partial charge in [-0.05, 0) is 5.56 Å². The quantitative estimate of drug-likeness (QED) is 0.653. The number of rotatable bonds is 9. The summed E-state index contributed by atoms with van der Waals surface area (Å²) in [6.45, 7) is 4.10. The van der Waals surface area contributed by atoms with E-state index in [0.717, 1.165) is 38.4 Å². The topological polar surface area (TPSA) is 74.9 Å². The van der Waals surface area contributed by atoms with E-state index in [2.05, 4.69) is 60.2 Å². The SMILES string of the molecule is C#CCCC1(CCC(=O)NCC2CN(Cc3ccccc3)Cc3nccn3C2)N=N1. The summed E-state index contributed by atoms with van der Waals surface area (Å²) in [7, 11) is 0. The lowest BCUT2D eigenvalue weighted by Crippen LogP contribution is -2.36. The Balaban J connectivity index is 1.30. The summed E-state index contributed by atoms with van der Waals surface area (Å²) in [5.41, 5.74) is 0.888. The number of hydrogen-bond acceptors (Lipinski definition) is 5. The number of carbonyl (C=O) groups is 1. The molecular formula is C23H28N6O. The summed E-state index contributed by atoms with van der Waals surface area (Å²) >= 11 is 0. The molecule has 1 unspecified atom stereocenters. The first-order valence-corrected chi connectivity index (χ1v) is 10.6. The smallest absolute Gasteiger partial charge is 0.220 e. The molecule has 1 aromatic heterocycles. The second kappa shape index (κ2) is 9.23. The summed E-state index contributed by atoms with van der Waals surface area (Å²) in [5.74, 6) is 4.07. The van der Waals surface area contributed by atoms with Gasteiger partial charge in [-0.25, -0.2) is 4.98 Å². The Hall–Kier alpha value is -2.98. The van der Waals surface area contributed by atoms with Crippen LogP contribution in [0.2, 0.25) is 0 Å². The molecule has 1 aromatic carbocycles. The summed E-state index contributed by atoms with van der Waals surface area (Å²) in [6, 6.07) is 10.5. The van der Waals surface area contributed by atoms with E-state index in [1.165, 1.54) is 5.56 Å². The molecule has 7 nitrogen and oxygen atoms in total. The summed E-state index contributed by atoms with van der Waals surface area (Å²) in [4.78, 5) is 19.4. The Labute approximate surface area is 177 Å². The van der Waals surface area contributed by atoms with E-state index in [4.69, 9.17) is 6.42 Å². The second-order valence-electron chi connectivity index (χ2n) is 8.21. The van der Waals surface area contributed by atoms with Crippen LogP contribution in [0.1, 0.15) is 37.1 Å². The Morgan fingerprint density at radius 2 is 2.07 bits per heavy atom. The fraction of sp³-hybridized carbons (Fsp3) is 0.478. The molecule has 0 aliphatic carbocycles. The van der Waals surface area contributed by atoms with Crippen molar-refractivity contribution in [3.8, 4) is 12.3 Å². The van der Waals surface area contributed by atoms with Crippen LogP contribution in [0.4, 0.5) is 0 Å². The average molecular weight is 405 g/mol. The summed E-state index contributed by atoms with van der Waals surface area (Å²) in [5, 5.41) is 11.3. The van der Waals surface area contributed by atoms with Crippen molar-refractivity contribution in [2.45, 2.75) is 51.0 Å². The average Bonchev–Trinajstić information content (AvgIpc) is 3.45. The fourth-order valence-corrected chi connectivity index (χ4v) is 4.04. The van der Waals surface area contributed by atoms with Gasteiger partial charge < -0.3 is 9.88 Å². The molecule has 30 heavy (non-hydrogen) atoms. The van der Waals surface area contributed by atoms with Gasteiger partial charge in [0.1, 0.15) is 5.82 Å². The normalized spacial score (nSPS) is 19.5. The van der Waals surface area contributed by atoms with Gasteiger partial charge in [-0.15, -0.1) is 12.3 Å². The molecule has 1 amide bonds. The number of fused-ring (bicyclic) bond motifs is 1. The van der Waals surface area contributed by atoms with Gasteiger partial charge in [-0.1, -0.05) is 30.3 Å². The number of amides is 1. The van der Waals surface area contributed by atoms with Crippen molar-refractivity contribution in [3.63, 3.8) is 0 Å². The number of nitrogens with one attached hydrogen (secondary N) is 1. The summed E-state index contributed by atoms with van der Waals surface area (Å²) in [6.07, 6.45) is 11.6. The number of hydrogen-bond donors (Lipinski definition) is 1. The van der Waals surface area contributed by atoms with Crippen LogP contribution in [-0.2, 0) is 24.4 Å². The van der Waals surface area contributed by atoms with Gasteiger partial charge in [0, 0.05) is 70.2 Å². The molecule has 0 fully saturated rings.